The van der Waals surface area contributed by atoms with E-state index in [1.54, 1.807) is 18.2 Å². The molecule has 2 aliphatic rings. The Hall–Kier alpha value is -1.71. The number of benzene rings is 1. The predicted octanol–water partition coefficient (Wildman–Crippen LogP) is 1.98. The summed E-state index contributed by atoms with van der Waals surface area (Å²) in [4.78, 5) is 17.0. The van der Waals surface area contributed by atoms with Gasteiger partial charge in [-0.05, 0) is 44.3 Å². The SMILES string of the molecule is CS[C@@H]1CN(C(=O)COc2ccccc2C#N)C[C@H]1N1CCCC1. The van der Waals surface area contributed by atoms with Gasteiger partial charge in [-0.15, -0.1) is 0 Å². The Bertz CT molecular complexity index is 625. The Kier molecular flexibility index (Phi) is 5.64. The zero-order chi connectivity index (χ0) is 16.9. The molecule has 2 aliphatic heterocycles. The van der Waals surface area contributed by atoms with E-state index in [1.807, 2.05) is 22.7 Å². The van der Waals surface area contributed by atoms with Crippen molar-refractivity contribution in [2.75, 3.05) is 39.0 Å². The third-order valence-corrected chi connectivity index (χ3v) is 5.93. The number of nitrogens with zero attached hydrogens (tertiary/aromatic N) is 3. The van der Waals surface area contributed by atoms with Gasteiger partial charge in [0.2, 0.25) is 0 Å². The van der Waals surface area contributed by atoms with Crippen LogP contribution in [0, 0.1) is 11.3 Å². The molecule has 1 aromatic rings. The van der Waals surface area contributed by atoms with Crippen LogP contribution in [-0.2, 0) is 4.79 Å². The van der Waals surface area contributed by atoms with Crippen molar-refractivity contribution in [3.05, 3.63) is 29.8 Å². The molecule has 2 saturated heterocycles. The van der Waals surface area contributed by atoms with E-state index in [2.05, 4.69) is 17.2 Å². The van der Waals surface area contributed by atoms with Crippen LogP contribution in [0.2, 0.25) is 0 Å². The normalized spacial score (nSPS) is 24.1. The van der Waals surface area contributed by atoms with E-state index in [0.29, 0.717) is 22.6 Å². The molecule has 1 amide bonds. The van der Waals surface area contributed by atoms with Crippen LogP contribution in [0.5, 0.6) is 5.75 Å². The first-order valence-corrected chi connectivity index (χ1v) is 9.68. The summed E-state index contributed by atoms with van der Waals surface area (Å²) < 4.78 is 5.60. The largest absolute Gasteiger partial charge is 0.482 e. The number of rotatable bonds is 5. The molecule has 0 N–H and O–H groups in total. The number of carbonyl (C=O) groups excluding carboxylic acids is 1. The van der Waals surface area contributed by atoms with Crippen molar-refractivity contribution in [1.82, 2.24) is 9.80 Å². The van der Waals surface area contributed by atoms with E-state index in [-0.39, 0.29) is 12.5 Å². The minimum Gasteiger partial charge on any atom is -0.482 e. The maximum Gasteiger partial charge on any atom is 0.260 e. The van der Waals surface area contributed by atoms with Gasteiger partial charge in [0.1, 0.15) is 11.8 Å². The van der Waals surface area contributed by atoms with Crippen LogP contribution in [0.3, 0.4) is 0 Å². The Balaban J connectivity index is 1.58. The minimum absolute atomic E-state index is 0.00323. The lowest BCUT2D eigenvalue weighted by atomic mass is 10.2. The van der Waals surface area contributed by atoms with Gasteiger partial charge in [-0.3, -0.25) is 9.69 Å². The summed E-state index contributed by atoms with van der Waals surface area (Å²) in [6, 6.07) is 9.57. The van der Waals surface area contributed by atoms with Crippen molar-refractivity contribution >= 4 is 17.7 Å². The molecule has 6 heteroatoms. The van der Waals surface area contributed by atoms with Crippen LogP contribution in [0.15, 0.2) is 24.3 Å². The van der Waals surface area contributed by atoms with Crippen molar-refractivity contribution in [1.29, 1.82) is 5.26 Å². The molecule has 0 spiro atoms. The zero-order valence-electron chi connectivity index (χ0n) is 14.0. The molecule has 128 valence electrons. The molecule has 0 unspecified atom stereocenters. The van der Waals surface area contributed by atoms with E-state index in [4.69, 9.17) is 10.00 Å². The summed E-state index contributed by atoms with van der Waals surface area (Å²) in [5, 5.41) is 9.55. The van der Waals surface area contributed by atoms with E-state index in [1.165, 1.54) is 12.8 Å². The molecule has 0 radical (unpaired) electrons. The summed E-state index contributed by atoms with van der Waals surface area (Å²) in [5.74, 6) is 0.480. The lowest BCUT2D eigenvalue weighted by molar-refractivity contribution is -0.132. The van der Waals surface area contributed by atoms with Gasteiger partial charge < -0.3 is 9.64 Å². The molecule has 2 fully saturated rings. The van der Waals surface area contributed by atoms with Crippen LogP contribution in [0.4, 0.5) is 0 Å². The second-order valence-electron chi connectivity index (χ2n) is 6.28. The first-order chi connectivity index (χ1) is 11.7. The van der Waals surface area contributed by atoms with Gasteiger partial charge in [0.25, 0.3) is 5.91 Å². The highest BCUT2D eigenvalue weighted by Gasteiger charge is 2.38. The van der Waals surface area contributed by atoms with E-state index >= 15 is 0 Å². The van der Waals surface area contributed by atoms with Crippen molar-refractivity contribution in [3.8, 4) is 11.8 Å². The first-order valence-electron chi connectivity index (χ1n) is 8.39. The molecule has 0 saturated carbocycles. The number of hydrogen-bond acceptors (Lipinski definition) is 5. The van der Waals surface area contributed by atoms with Crippen molar-refractivity contribution < 1.29 is 9.53 Å². The highest BCUT2D eigenvalue weighted by Crippen LogP contribution is 2.28. The lowest BCUT2D eigenvalue weighted by Gasteiger charge is -2.27. The van der Waals surface area contributed by atoms with Gasteiger partial charge >= 0.3 is 0 Å². The van der Waals surface area contributed by atoms with Crippen LogP contribution in [0.25, 0.3) is 0 Å². The van der Waals surface area contributed by atoms with Crippen molar-refractivity contribution in [3.63, 3.8) is 0 Å². The monoisotopic (exact) mass is 345 g/mol. The van der Waals surface area contributed by atoms with Gasteiger partial charge in [-0.1, -0.05) is 12.1 Å². The Labute approximate surface area is 147 Å². The molecule has 24 heavy (non-hydrogen) atoms. The van der Waals surface area contributed by atoms with Gasteiger partial charge in [-0.25, -0.2) is 0 Å². The summed E-state index contributed by atoms with van der Waals surface area (Å²) in [5.41, 5.74) is 0.462. The van der Waals surface area contributed by atoms with Crippen LogP contribution in [-0.4, -0.2) is 66.0 Å². The summed E-state index contributed by atoms with van der Waals surface area (Å²) in [7, 11) is 0. The maximum atomic E-state index is 12.5. The second-order valence-corrected chi connectivity index (χ2v) is 7.36. The Morgan fingerprint density at radius 1 is 1.33 bits per heavy atom. The molecule has 2 atom stereocenters. The minimum atomic E-state index is -0.00743. The smallest absolute Gasteiger partial charge is 0.260 e. The quantitative estimate of drug-likeness (QED) is 0.817. The Morgan fingerprint density at radius 3 is 2.79 bits per heavy atom. The van der Waals surface area contributed by atoms with E-state index in [9.17, 15) is 4.79 Å². The fourth-order valence-electron chi connectivity index (χ4n) is 3.53. The number of likely N-dealkylation sites (tertiary alicyclic amines) is 2. The van der Waals surface area contributed by atoms with Gasteiger partial charge in [0.15, 0.2) is 6.61 Å². The molecule has 0 aliphatic carbocycles. The summed E-state index contributed by atoms with van der Waals surface area (Å²) in [6.45, 7) is 3.86. The number of thioether (sulfide) groups is 1. The number of carbonyl (C=O) groups is 1. The summed E-state index contributed by atoms with van der Waals surface area (Å²) in [6.07, 6.45) is 4.65. The molecule has 5 nitrogen and oxygen atoms in total. The topological polar surface area (TPSA) is 56.6 Å². The van der Waals surface area contributed by atoms with Gasteiger partial charge in [-0.2, -0.15) is 17.0 Å². The number of para-hydroxylation sites is 1. The highest BCUT2D eigenvalue weighted by molar-refractivity contribution is 7.99. The van der Waals surface area contributed by atoms with Crippen LogP contribution < -0.4 is 4.74 Å². The number of ether oxygens (including phenoxy) is 1. The van der Waals surface area contributed by atoms with Gasteiger partial charge in [0, 0.05) is 24.4 Å². The molecule has 2 heterocycles. The van der Waals surface area contributed by atoms with Crippen LogP contribution in [0.1, 0.15) is 18.4 Å². The third-order valence-electron chi connectivity index (χ3n) is 4.86. The van der Waals surface area contributed by atoms with Crippen molar-refractivity contribution in [2.45, 2.75) is 24.1 Å². The molecule has 0 aromatic heterocycles. The maximum absolute atomic E-state index is 12.5. The standard InChI is InChI=1S/C18H23N3O2S/c1-24-17-12-21(11-15(17)20-8-4-5-9-20)18(22)13-23-16-7-3-2-6-14(16)10-19/h2-3,6-7,15,17H,4-5,8-9,11-13H2,1H3/t15-,17-/m1/s1. The Morgan fingerprint density at radius 2 is 2.08 bits per heavy atom. The molecule has 1 aromatic carbocycles. The van der Waals surface area contributed by atoms with E-state index in [0.717, 1.165) is 26.2 Å². The average molecular weight is 345 g/mol. The first kappa shape index (κ1) is 17.1. The molecular weight excluding hydrogens is 322 g/mol. The van der Waals surface area contributed by atoms with E-state index < -0.39 is 0 Å². The fraction of sp³-hybridized carbons (Fsp3) is 0.556. The number of nitriles is 1. The fourth-order valence-corrected chi connectivity index (χ4v) is 4.43. The third kappa shape index (κ3) is 3.68. The number of hydrogen-bond donors (Lipinski definition) is 0. The zero-order valence-corrected chi connectivity index (χ0v) is 14.8. The molecular formula is C18H23N3O2S. The molecule has 3 rings (SSSR count). The second kappa shape index (κ2) is 7.91. The summed E-state index contributed by atoms with van der Waals surface area (Å²) >= 11 is 1.85. The highest BCUT2D eigenvalue weighted by atomic mass is 32.2. The lowest BCUT2D eigenvalue weighted by Crippen LogP contribution is -2.41. The molecule has 0 bridgehead atoms. The predicted molar refractivity (Wildman–Crippen MR) is 95.1 cm³/mol. The number of amides is 1. The average Bonchev–Trinajstić information content (AvgIpc) is 3.28. The van der Waals surface area contributed by atoms with Crippen molar-refractivity contribution in [2.24, 2.45) is 0 Å². The van der Waals surface area contributed by atoms with Gasteiger partial charge in [0.05, 0.1) is 5.56 Å². The van der Waals surface area contributed by atoms with Crippen LogP contribution >= 0.6 is 11.8 Å².